The van der Waals surface area contributed by atoms with E-state index in [-0.39, 0.29) is 11.8 Å². The third-order valence-corrected chi connectivity index (χ3v) is 3.81. The fourth-order valence-electron chi connectivity index (χ4n) is 2.37. The average molecular weight is 246 g/mol. The Kier molecular flexibility index (Phi) is 4.37. The van der Waals surface area contributed by atoms with Crippen LogP contribution < -0.4 is 5.32 Å². The highest BCUT2D eigenvalue weighted by molar-refractivity contribution is 5.80. The van der Waals surface area contributed by atoms with Gasteiger partial charge in [0.15, 0.2) is 0 Å². The largest absolute Gasteiger partial charge is 0.342 e. The molecule has 18 heavy (non-hydrogen) atoms. The molecule has 0 spiro atoms. The summed E-state index contributed by atoms with van der Waals surface area (Å²) in [7, 11) is 1.94. The van der Waals surface area contributed by atoms with Gasteiger partial charge >= 0.3 is 0 Å². The van der Waals surface area contributed by atoms with Gasteiger partial charge in [-0.2, -0.15) is 0 Å². The van der Waals surface area contributed by atoms with Gasteiger partial charge in [0.2, 0.25) is 5.91 Å². The van der Waals surface area contributed by atoms with E-state index >= 15 is 0 Å². The van der Waals surface area contributed by atoms with Gasteiger partial charge in [-0.3, -0.25) is 4.79 Å². The van der Waals surface area contributed by atoms with Crippen molar-refractivity contribution in [2.24, 2.45) is 5.92 Å². The quantitative estimate of drug-likeness (QED) is 0.857. The fraction of sp³-hybridized carbons (Fsp3) is 0.533. The Morgan fingerprint density at radius 2 is 2.06 bits per heavy atom. The van der Waals surface area contributed by atoms with Crippen LogP contribution in [0.15, 0.2) is 30.3 Å². The maximum absolute atomic E-state index is 12.2. The zero-order valence-corrected chi connectivity index (χ0v) is 11.2. The van der Waals surface area contributed by atoms with E-state index in [0.717, 1.165) is 25.9 Å². The molecule has 1 aromatic carbocycles. The molecule has 1 atom stereocenters. The molecule has 1 saturated heterocycles. The van der Waals surface area contributed by atoms with Crippen molar-refractivity contribution in [3.05, 3.63) is 35.9 Å². The molecule has 1 aliphatic heterocycles. The lowest BCUT2D eigenvalue weighted by molar-refractivity contribution is -0.137. The Labute approximate surface area is 109 Å². The summed E-state index contributed by atoms with van der Waals surface area (Å²) in [6, 6.07) is 10.7. The number of hydrogen-bond acceptors (Lipinski definition) is 2. The lowest BCUT2D eigenvalue weighted by Gasteiger charge is -2.34. The highest BCUT2D eigenvalue weighted by Gasteiger charge is 2.30. The molecule has 0 aliphatic carbocycles. The van der Waals surface area contributed by atoms with E-state index in [4.69, 9.17) is 0 Å². The smallest absolute Gasteiger partial charge is 0.228 e. The van der Waals surface area contributed by atoms with Crippen molar-refractivity contribution in [2.75, 3.05) is 20.1 Å². The van der Waals surface area contributed by atoms with E-state index in [1.54, 1.807) is 0 Å². The number of nitrogens with zero attached hydrogens (tertiary/aromatic N) is 1. The first-order chi connectivity index (χ1) is 8.72. The first-order valence-corrected chi connectivity index (χ1v) is 6.73. The molecule has 2 rings (SSSR count). The Morgan fingerprint density at radius 3 is 2.56 bits per heavy atom. The molecule has 1 amide bonds. The van der Waals surface area contributed by atoms with E-state index in [0.29, 0.717) is 6.04 Å². The van der Waals surface area contributed by atoms with Crippen LogP contribution in [-0.4, -0.2) is 37.0 Å². The van der Waals surface area contributed by atoms with Crippen molar-refractivity contribution in [1.29, 1.82) is 0 Å². The van der Waals surface area contributed by atoms with Crippen LogP contribution in [0, 0.1) is 5.92 Å². The predicted molar refractivity (Wildman–Crippen MR) is 73.4 cm³/mol. The SMILES string of the molecule is CCC(Cc1ccccc1)N(C)C(=O)C1CNC1. The standard InChI is InChI=1S/C15H22N2O/c1-3-14(9-12-7-5-4-6-8-12)17(2)15(18)13-10-16-11-13/h4-8,13-14,16H,3,9-11H2,1-2H3. The highest BCUT2D eigenvalue weighted by Crippen LogP contribution is 2.15. The van der Waals surface area contributed by atoms with Crippen LogP contribution in [0.2, 0.25) is 0 Å². The first-order valence-electron chi connectivity index (χ1n) is 6.73. The molecule has 0 saturated carbocycles. The topological polar surface area (TPSA) is 32.3 Å². The van der Waals surface area contributed by atoms with Crippen LogP contribution in [0.3, 0.4) is 0 Å². The second kappa shape index (κ2) is 6.01. The van der Waals surface area contributed by atoms with Crippen LogP contribution >= 0.6 is 0 Å². The number of amides is 1. The molecular weight excluding hydrogens is 224 g/mol. The summed E-state index contributed by atoms with van der Waals surface area (Å²) in [5.41, 5.74) is 1.30. The van der Waals surface area contributed by atoms with Crippen molar-refractivity contribution in [3.8, 4) is 0 Å². The summed E-state index contributed by atoms with van der Waals surface area (Å²) in [6.45, 7) is 3.83. The molecule has 0 radical (unpaired) electrons. The molecule has 1 unspecified atom stereocenters. The minimum Gasteiger partial charge on any atom is -0.342 e. The molecule has 3 heteroatoms. The van der Waals surface area contributed by atoms with Gasteiger partial charge in [-0.25, -0.2) is 0 Å². The van der Waals surface area contributed by atoms with Gasteiger partial charge in [0.25, 0.3) is 0 Å². The molecule has 0 bridgehead atoms. The van der Waals surface area contributed by atoms with Gasteiger partial charge in [0, 0.05) is 26.2 Å². The van der Waals surface area contributed by atoms with E-state index in [9.17, 15) is 4.79 Å². The summed E-state index contributed by atoms with van der Waals surface area (Å²) in [5.74, 6) is 0.483. The summed E-state index contributed by atoms with van der Waals surface area (Å²) in [5, 5.41) is 3.16. The Hall–Kier alpha value is -1.35. The monoisotopic (exact) mass is 246 g/mol. The van der Waals surface area contributed by atoms with Crippen molar-refractivity contribution < 1.29 is 4.79 Å². The molecule has 1 N–H and O–H groups in total. The van der Waals surface area contributed by atoms with Crippen LogP contribution in [0.1, 0.15) is 18.9 Å². The van der Waals surface area contributed by atoms with Gasteiger partial charge in [0.1, 0.15) is 0 Å². The van der Waals surface area contributed by atoms with Gasteiger partial charge in [-0.1, -0.05) is 37.3 Å². The second-order valence-corrected chi connectivity index (χ2v) is 5.06. The van der Waals surface area contributed by atoms with Gasteiger partial charge in [-0.15, -0.1) is 0 Å². The zero-order chi connectivity index (χ0) is 13.0. The van der Waals surface area contributed by atoms with Gasteiger partial charge in [-0.05, 0) is 18.4 Å². The van der Waals surface area contributed by atoms with Crippen LogP contribution in [0.25, 0.3) is 0 Å². The van der Waals surface area contributed by atoms with Gasteiger partial charge < -0.3 is 10.2 Å². The zero-order valence-electron chi connectivity index (χ0n) is 11.2. The number of benzene rings is 1. The first kappa shape index (κ1) is 13.1. The maximum atomic E-state index is 12.2. The lowest BCUT2D eigenvalue weighted by Crippen LogP contribution is -2.53. The summed E-state index contributed by atoms with van der Waals surface area (Å²) < 4.78 is 0. The average Bonchev–Trinajstić information content (AvgIpc) is 2.34. The number of rotatable bonds is 5. The van der Waals surface area contributed by atoms with Crippen molar-refractivity contribution in [1.82, 2.24) is 10.2 Å². The van der Waals surface area contributed by atoms with Crippen molar-refractivity contribution >= 4 is 5.91 Å². The molecular formula is C15H22N2O. The number of nitrogens with one attached hydrogen (secondary N) is 1. The third-order valence-electron chi connectivity index (χ3n) is 3.81. The minimum absolute atomic E-state index is 0.194. The summed E-state index contributed by atoms with van der Waals surface area (Å²) >= 11 is 0. The number of carbonyl (C=O) groups excluding carboxylic acids is 1. The van der Waals surface area contributed by atoms with Crippen molar-refractivity contribution in [3.63, 3.8) is 0 Å². The van der Waals surface area contributed by atoms with Crippen molar-refractivity contribution in [2.45, 2.75) is 25.8 Å². The normalized spacial score (nSPS) is 17.0. The van der Waals surface area contributed by atoms with E-state index < -0.39 is 0 Å². The maximum Gasteiger partial charge on any atom is 0.228 e. The number of hydrogen-bond donors (Lipinski definition) is 1. The van der Waals surface area contributed by atoms with Gasteiger partial charge in [0.05, 0.1) is 5.92 Å². The molecule has 1 aromatic rings. The number of carbonyl (C=O) groups is 1. The minimum atomic E-state index is 0.194. The Bertz CT molecular complexity index is 387. The third kappa shape index (κ3) is 2.91. The van der Waals surface area contributed by atoms with E-state index in [2.05, 4.69) is 36.5 Å². The van der Waals surface area contributed by atoms with Crippen LogP contribution in [0.5, 0.6) is 0 Å². The molecule has 0 aromatic heterocycles. The molecule has 98 valence electrons. The Balaban J connectivity index is 1.97. The van der Waals surface area contributed by atoms with Crippen LogP contribution in [0.4, 0.5) is 0 Å². The predicted octanol–water partition coefficient (Wildman–Crippen LogP) is 1.69. The number of likely N-dealkylation sites (N-methyl/N-ethyl adjacent to an activating group) is 1. The lowest BCUT2D eigenvalue weighted by atomic mass is 9.98. The fourth-order valence-corrected chi connectivity index (χ4v) is 2.37. The molecule has 1 fully saturated rings. The van der Waals surface area contributed by atoms with Crippen LogP contribution in [-0.2, 0) is 11.2 Å². The van der Waals surface area contributed by atoms with E-state index in [1.807, 2.05) is 18.0 Å². The summed E-state index contributed by atoms with van der Waals surface area (Å²) in [4.78, 5) is 14.1. The highest BCUT2D eigenvalue weighted by atomic mass is 16.2. The second-order valence-electron chi connectivity index (χ2n) is 5.06. The summed E-state index contributed by atoms with van der Waals surface area (Å²) in [6.07, 6.45) is 1.94. The molecule has 1 aliphatic rings. The molecule has 1 heterocycles. The Morgan fingerprint density at radius 1 is 1.39 bits per heavy atom. The molecule has 3 nitrogen and oxygen atoms in total. The van der Waals surface area contributed by atoms with E-state index in [1.165, 1.54) is 5.56 Å².